The molecule has 0 bridgehead atoms. The summed E-state index contributed by atoms with van der Waals surface area (Å²) in [7, 11) is 0. The predicted octanol–water partition coefficient (Wildman–Crippen LogP) is 3.15. The Morgan fingerprint density at radius 1 is 1.15 bits per heavy atom. The van der Waals surface area contributed by atoms with Gasteiger partial charge in [-0.25, -0.2) is 0 Å². The van der Waals surface area contributed by atoms with Crippen LogP contribution in [0.3, 0.4) is 0 Å². The van der Waals surface area contributed by atoms with Gasteiger partial charge < -0.3 is 10.1 Å². The predicted molar refractivity (Wildman–Crippen MR) is 87.2 cm³/mol. The monoisotopic (exact) mass is 284 g/mol. The van der Waals surface area contributed by atoms with Gasteiger partial charge in [-0.3, -0.25) is 4.90 Å². The zero-order chi connectivity index (χ0) is 15.2. The normalized spacial score (nSPS) is 23.7. The fraction of sp³-hybridized carbons (Fsp3) is 1.00. The van der Waals surface area contributed by atoms with Gasteiger partial charge in [-0.2, -0.15) is 0 Å². The second kappa shape index (κ2) is 8.35. The van der Waals surface area contributed by atoms with Gasteiger partial charge in [0.05, 0.1) is 6.61 Å². The van der Waals surface area contributed by atoms with Gasteiger partial charge in [-0.1, -0.05) is 27.7 Å². The van der Waals surface area contributed by atoms with E-state index in [2.05, 4.69) is 51.8 Å². The molecule has 1 atom stereocenters. The lowest BCUT2D eigenvalue weighted by Gasteiger charge is -2.45. The highest BCUT2D eigenvalue weighted by molar-refractivity contribution is 4.92. The molecule has 20 heavy (non-hydrogen) atoms. The fourth-order valence-corrected chi connectivity index (χ4v) is 2.86. The van der Waals surface area contributed by atoms with Crippen LogP contribution in [0.5, 0.6) is 0 Å². The van der Waals surface area contributed by atoms with E-state index in [0.717, 1.165) is 44.7 Å². The first kappa shape index (κ1) is 17.9. The van der Waals surface area contributed by atoms with Crippen molar-refractivity contribution in [3.05, 3.63) is 0 Å². The van der Waals surface area contributed by atoms with Gasteiger partial charge in [0, 0.05) is 37.8 Å². The summed E-state index contributed by atoms with van der Waals surface area (Å²) in [6, 6.07) is 0.664. The van der Waals surface area contributed by atoms with E-state index in [0.29, 0.717) is 6.04 Å². The Morgan fingerprint density at radius 2 is 1.85 bits per heavy atom. The van der Waals surface area contributed by atoms with E-state index in [9.17, 15) is 0 Å². The number of nitrogens with one attached hydrogen (secondary N) is 1. The van der Waals surface area contributed by atoms with Gasteiger partial charge >= 0.3 is 0 Å². The highest BCUT2D eigenvalue weighted by atomic mass is 16.5. The van der Waals surface area contributed by atoms with Gasteiger partial charge in [0.25, 0.3) is 0 Å². The Kier molecular flexibility index (Phi) is 7.49. The molecule has 0 radical (unpaired) electrons. The van der Waals surface area contributed by atoms with Crippen LogP contribution in [-0.2, 0) is 4.74 Å². The zero-order valence-corrected chi connectivity index (χ0v) is 14.5. The summed E-state index contributed by atoms with van der Waals surface area (Å²) in [6.07, 6.45) is 2.44. The second-order valence-corrected chi connectivity index (χ2v) is 7.81. The molecule has 0 amide bonds. The number of rotatable bonds is 8. The largest absolute Gasteiger partial charge is 0.380 e. The standard InChI is InChI=1S/C17H36N2O/c1-14(2)7-9-20-10-8-19-13-17(5,6)18-12-16(19)11-15(3)4/h14-16,18H,7-13H2,1-6H3. The third-order valence-electron chi connectivity index (χ3n) is 4.04. The molecule has 1 unspecified atom stereocenters. The fourth-order valence-electron chi connectivity index (χ4n) is 2.86. The molecule has 0 spiro atoms. The highest BCUT2D eigenvalue weighted by Gasteiger charge is 2.32. The molecule has 1 N–H and O–H groups in total. The maximum Gasteiger partial charge on any atom is 0.0593 e. The first-order valence-electron chi connectivity index (χ1n) is 8.37. The van der Waals surface area contributed by atoms with E-state index in [1.165, 1.54) is 12.8 Å². The van der Waals surface area contributed by atoms with Crippen LogP contribution in [0.1, 0.15) is 54.4 Å². The molecule has 0 aromatic heterocycles. The summed E-state index contributed by atoms with van der Waals surface area (Å²) in [5, 5.41) is 3.68. The summed E-state index contributed by atoms with van der Waals surface area (Å²) in [5.41, 5.74) is 0.228. The van der Waals surface area contributed by atoms with E-state index in [1.54, 1.807) is 0 Å². The topological polar surface area (TPSA) is 24.5 Å². The third kappa shape index (κ3) is 7.05. The second-order valence-electron chi connectivity index (χ2n) is 7.81. The van der Waals surface area contributed by atoms with Crippen LogP contribution >= 0.6 is 0 Å². The van der Waals surface area contributed by atoms with Gasteiger partial charge in [-0.15, -0.1) is 0 Å². The minimum atomic E-state index is 0.228. The number of ether oxygens (including phenoxy) is 1. The van der Waals surface area contributed by atoms with E-state index >= 15 is 0 Å². The van der Waals surface area contributed by atoms with Crippen LogP contribution < -0.4 is 5.32 Å². The van der Waals surface area contributed by atoms with Gasteiger partial charge in [0.15, 0.2) is 0 Å². The van der Waals surface area contributed by atoms with Gasteiger partial charge in [0.1, 0.15) is 0 Å². The average Bonchev–Trinajstić information content (AvgIpc) is 2.30. The summed E-state index contributed by atoms with van der Waals surface area (Å²) in [5.74, 6) is 1.49. The van der Waals surface area contributed by atoms with Gasteiger partial charge in [-0.05, 0) is 38.5 Å². The lowest BCUT2D eigenvalue weighted by Crippen LogP contribution is -2.62. The summed E-state index contributed by atoms with van der Waals surface area (Å²) < 4.78 is 5.81. The van der Waals surface area contributed by atoms with E-state index in [4.69, 9.17) is 4.74 Å². The summed E-state index contributed by atoms with van der Waals surface area (Å²) in [4.78, 5) is 2.63. The van der Waals surface area contributed by atoms with E-state index < -0.39 is 0 Å². The molecule has 1 heterocycles. The minimum Gasteiger partial charge on any atom is -0.380 e. The number of nitrogens with zero attached hydrogens (tertiary/aromatic N) is 1. The molecule has 120 valence electrons. The van der Waals surface area contributed by atoms with Crippen molar-refractivity contribution in [3.8, 4) is 0 Å². The summed E-state index contributed by atoms with van der Waals surface area (Å²) >= 11 is 0. The Hall–Kier alpha value is -0.120. The van der Waals surface area contributed by atoms with Crippen LogP contribution in [0.15, 0.2) is 0 Å². The number of hydrogen-bond donors (Lipinski definition) is 1. The molecule has 0 aromatic carbocycles. The van der Waals surface area contributed by atoms with Crippen LogP contribution in [0.4, 0.5) is 0 Å². The van der Waals surface area contributed by atoms with Crippen molar-refractivity contribution in [2.75, 3.05) is 32.8 Å². The molecule has 3 heteroatoms. The Bertz CT molecular complexity index is 264. The van der Waals surface area contributed by atoms with Crippen LogP contribution in [-0.4, -0.2) is 49.3 Å². The van der Waals surface area contributed by atoms with Crippen molar-refractivity contribution in [1.82, 2.24) is 10.2 Å². The summed E-state index contributed by atoms with van der Waals surface area (Å²) in [6.45, 7) is 18.8. The molecule has 1 fully saturated rings. The van der Waals surface area contributed by atoms with Crippen LogP contribution in [0, 0.1) is 11.8 Å². The highest BCUT2D eigenvalue weighted by Crippen LogP contribution is 2.19. The van der Waals surface area contributed by atoms with Crippen molar-refractivity contribution in [3.63, 3.8) is 0 Å². The molecule has 3 nitrogen and oxygen atoms in total. The molecule has 1 aliphatic heterocycles. The molecule has 0 saturated carbocycles. The van der Waals surface area contributed by atoms with Crippen molar-refractivity contribution in [2.45, 2.75) is 66.0 Å². The van der Waals surface area contributed by atoms with Crippen molar-refractivity contribution < 1.29 is 4.74 Å². The van der Waals surface area contributed by atoms with Crippen LogP contribution in [0.2, 0.25) is 0 Å². The zero-order valence-electron chi connectivity index (χ0n) is 14.5. The SMILES string of the molecule is CC(C)CCOCCN1CC(C)(C)NCC1CC(C)C. The smallest absolute Gasteiger partial charge is 0.0593 e. The average molecular weight is 284 g/mol. The Morgan fingerprint density at radius 3 is 2.45 bits per heavy atom. The third-order valence-corrected chi connectivity index (χ3v) is 4.04. The first-order valence-corrected chi connectivity index (χ1v) is 8.37. The number of piperazine rings is 1. The molecule has 0 aliphatic carbocycles. The lowest BCUT2D eigenvalue weighted by atomic mass is 9.94. The molecule has 1 aliphatic rings. The molecule has 0 aromatic rings. The maximum absolute atomic E-state index is 5.81. The first-order chi connectivity index (χ1) is 9.30. The molecular formula is C17H36N2O. The van der Waals surface area contributed by atoms with Gasteiger partial charge in [0.2, 0.25) is 0 Å². The lowest BCUT2D eigenvalue weighted by molar-refractivity contribution is 0.0400. The van der Waals surface area contributed by atoms with E-state index in [-0.39, 0.29) is 5.54 Å². The van der Waals surface area contributed by atoms with Crippen molar-refractivity contribution in [1.29, 1.82) is 0 Å². The molecule has 1 saturated heterocycles. The van der Waals surface area contributed by atoms with Crippen LogP contribution in [0.25, 0.3) is 0 Å². The Balaban J connectivity index is 2.35. The maximum atomic E-state index is 5.81. The van der Waals surface area contributed by atoms with E-state index in [1.807, 2.05) is 0 Å². The van der Waals surface area contributed by atoms with Crippen molar-refractivity contribution >= 4 is 0 Å². The molecular weight excluding hydrogens is 248 g/mol. The Labute approximate surface area is 126 Å². The minimum absolute atomic E-state index is 0.228. The van der Waals surface area contributed by atoms with Crippen molar-refractivity contribution in [2.24, 2.45) is 11.8 Å². The molecule has 1 rings (SSSR count). The quantitative estimate of drug-likeness (QED) is 0.693. The number of hydrogen-bond acceptors (Lipinski definition) is 3.